The van der Waals surface area contributed by atoms with Crippen LogP contribution in [-0.4, -0.2) is 19.7 Å². The van der Waals surface area contributed by atoms with Gasteiger partial charge in [0.15, 0.2) is 0 Å². The Morgan fingerprint density at radius 1 is 1.23 bits per heavy atom. The average Bonchev–Trinajstić information content (AvgIpc) is 3.15. The molecule has 114 valence electrons. The Labute approximate surface area is 127 Å². The van der Waals surface area contributed by atoms with E-state index in [0.717, 1.165) is 22.8 Å². The largest absolute Gasteiger partial charge is 0.417 e. The fraction of sp³-hybridized carbons (Fsp3) is 0.154. The molecule has 0 aliphatic heterocycles. The standard InChI is InChI=1S/C13H10F3N5S/c14-13(15,16)9-4-11(22-8-9)6-19-10-5-20-21(7-10)12-17-2-1-3-18-12/h1-5,7-8,19H,6H2. The summed E-state index contributed by atoms with van der Waals surface area (Å²) in [5, 5.41) is 8.23. The van der Waals surface area contributed by atoms with Crippen LogP contribution >= 0.6 is 11.3 Å². The van der Waals surface area contributed by atoms with Crippen molar-refractivity contribution in [1.82, 2.24) is 19.7 Å². The number of alkyl halides is 3. The summed E-state index contributed by atoms with van der Waals surface area (Å²) in [6, 6.07) is 2.84. The van der Waals surface area contributed by atoms with Crippen molar-refractivity contribution in [3.63, 3.8) is 0 Å². The predicted octanol–water partition coefficient (Wildman–Crippen LogP) is 3.35. The Morgan fingerprint density at radius 2 is 2.00 bits per heavy atom. The molecule has 0 radical (unpaired) electrons. The highest BCUT2D eigenvalue weighted by molar-refractivity contribution is 7.10. The van der Waals surface area contributed by atoms with Gasteiger partial charge in [-0.05, 0) is 12.1 Å². The van der Waals surface area contributed by atoms with E-state index in [4.69, 9.17) is 0 Å². The Bertz CT molecular complexity index is 750. The third-order valence-corrected chi connectivity index (χ3v) is 3.72. The molecule has 0 aliphatic rings. The lowest BCUT2D eigenvalue weighted by atomic mass is 10.3. The molecular formula is C13H10F3N5S. The maximum Gasteiger partial charge on any atom is 0.417 e. The molecule has 0 saturated carbocycles. The van der Waals surface area contributed by atoms with Crippen LogP contribution < -0.4 is 5.32 Å². The molecule has 9 heteroatoms. The molecule has 0 spiro atoms. The summed E-state index contributed by atoms with van der Waals surface area (Å²) >= 11 is 1.06. The van der Waals surface area contributed by atoms with E-state index >= 15 is 0 Å². The quantitative estimate of drug-likeness (QED) is 0.799. The molecule has 0 aliphatic carbocycles. The first kappa shape index (κ1) is 14.5. The summed E-state index contributed by atoms with van der Waals surface area (Å²) < 4.78 is 39.0. The van der Waals surface area contributed by atoms with E-state index in [1.165, 1.54) is 4.68 Å². The molecule has 3 rings (SSSR count). The zero-order valence-electron chi connectivity index (χ0n) is 11.1. The first-order chi connectivity index (χ1) is 10.5. The lowest BCUT2D eigenvalue weighted by molar-refractivity contribution is -0.137. The number of hydrogen-bond donors (Lipinski definition) is 1. The van der Waals surface area contributed by atoms with Crippen LogP contribution in [0, 0.1) is 0 Å². The number of thiophene rings is 1. The second-order valence-corrected chi connectivity index (χ2v) is 5.37. The molecule has 22 heavy (non-hydrogen) atoms. The normalized spacial score (nSPS) is 11.6. The molecule has 0 unspecified atom stereocenters. The third kappa shape index (κ3) is 3.25. The van der Waals surface area contributed by atoms with Crippen LogP contribution in [0.4, 0.5) is 18.9 Å². The van der Waals surface area contributed by atoms with Gasteiger partial charge in [0.2, 0.25) is 5.95 Å². The van der Waals surface area contributed by atoms with E-state index in [0.29, 0.717) is 23.1 Å². The predicted molar refractivity (Wildman–Crippen MR) is 75.8 cm³/mol. The van der Waals surface area contributed by atoms with Gasteiger partial charge in [0.1, 0.15) is 0 Å². The van der Waals surface area contributed by atoms with Gasteiger partial charge in [-0.2, -0.15) is 18.3 Å². The molecule has 5 nitrogen and oxygen atoms in total. The summed E-state index contributed by atoms with van der Waals surface area (Å²) in [7, 11) is 0. The molecule has 3 heterocycles. The van der Waals surface area contributed by atoms with Gasteiger partial charge in [0.05, 0.1) is 23.6 Å². The van der Waals surface area contributed by atoms with E-state index in [9.17, 15) is 13.2 Å². The highest BCUT2D eigenvalue weighted by Crippen LogP contribution is 2.32. The molecule has 0 bridgehead atoms. The first-order valence-electron chi connectivity index (χ1n) is 6.23. The maximum atomic E-state index is 12.5. The van der Waals surface area contributed by atoms with Crippen molar-refractivity contribution < 1.29 is 13.2 Å². The SMILES string of the molecule is FC(F)(F)c1csc(CNc2cnn(-c3ncccn3)c2)c1. The zero-order chi connectivity index (χ0) is 15.6. The second kappa shape index (κ2) is 5.76. The Kier molecular flexibility index (Phi) is 3.80. The number of nitrogens with one attached hydrogen (secondary N) is 1. The van der Waals surface area contributed by atoms with Crippen molar-refractivity contribution in [3.05, 3.63) is 52.7 Å². The van der Waals surface area contributed by atoms with Gasteiger partial charge in [0, 0.05) is 29.2 Å². The van der Waals surface area contributed by atoms with Crippen LogP contribution in [0.3, 0.4) is 0 Å². The van der Waals surface area contributed by atoms with Crippen LogP contribution in [-0.2, 0) is 12.7 Å². The number of halogens is 3. The summed E-state index contributed by atoms with van der Waals surface area (Å²) in [5.74, 6) is 0.422. The maximum absolute atomic E-state index is 12.5. The number of hydrogen-bond acceptors (Lipinski definition) is 5. The van der Waals surface area contributed by atoms with Crippen LogP contribution in [0.2, 0.25) is 0 Å². The second-order valence-electron chi connectivity index (χ2n) is 4.38. The number of rotatable bonds is 4. The van der Waals surface area contributed by atoms with Gasteiger partial charge in [-0.1, -0.05) is 0 Å². The van der Waals surface area contributed by atoms with E-state index in [1.807, 2.05) is 0 Å². The fourth-order valence-electron chi connectivity index (χ4n) is 1.74. The van der Waals surface area contributed by atoms with E-state index < -0.39 is 11.7 Å². The lowest BCUT2D eigenvalue weighted by Gasteiger charge is -2.02. The van der Waals surface area contributed by atoms with E-state index in [2.05, 4.69) is 20.4 Å². The molecule has 0 saturated heterocycles. The van der Waals surface area contributed by atoms with Crippen molar-refractivity contribution in [2.75, 3.05) is 5.32 Å². The van der Waals surface area contributed by atoms with Gasteiger partial charge < -0.3 is 5.32 Å². The number of anilines is 1. The summed E-state index contributed by atoms with van der Waals surface area (Å²) in [4.78, 5) is 8.69. The van der Waals surface area contributed by atoms with Crippen LogP contribution in [0.15, 0.2) is 42.3 Å². The summed E-state index contributed by atoms with van der Waals surface area (Å²) in [6.07, 6.45) is 2.13. The Balaban J connectivity index is 1.65. The topological polar surface area (TPSA) is 55.6 Å². The molecular weight excluding hydrogens is 315 g/mol. The van der Waals surface area contributed by atoms with Gasteiger partial charge in [-0.25, -0.2) is 14.6 Å². The van der Waals surface area contributed by atoms with E-state index in [1.54, 1.807) is 30.9 Å². The Hall–Kier alpha value is -2.42. The van der Waals surface area contributed by atoms with E-state index in [-0.39, 0.29) is 0 Å². The summed E-state index contributed by atoms with van der Waals surface area (Å²) in [5.41, 5.74) is 0.0529. The smallest absolute Gasteiger partial charge is 0.378 e. The van der Waals surface area contributed by atoms with Crippen LogP contribution in [0.1, 0.15) is 10.4 Å². The molecule has 3 aromatic heterocycles. The minimum atomic E-state index is -4.30. The molecule has 0 atom stereocenters. The number of aromatic nitrogens is 4. The van der Waals surface area contributed by atoms with Crippen molar-refractivity contribution in [2.45, 2.75) is 12.7 Å². The summed E-state index contributed by atoms with van der Waals surface area (Å²) in [6.45, 7) is 0.294. The van der Waals surface area contributed by atoms with Crippen molar-refractivity contribution in [1.29, 1.82) is 0 Å². The molecule has 0 aromatic carbocycles. The Morgan fingerprint density at radius 3 is 2.68 bits per heavy atom. The lowest BCUT2D eigenvalue weighted by Crippen LogP contribution is -2.03. The number of nitrogens with zero attached hydrogens (tertiary/aromatic N) is 4. The highest BCUT2D eigenvalue weighted by Gasteiger charge is 2.31. The molecule has 0 fully saturated rings. The minimum absolute atomic E-state index is 0.294. The fourth-order valence-corrected chi connectivity index (χ4v) is 2.57. The molecule has 0 amide bonds. The van der Waals surface area contributed by atoms with Crippen LogP contribution in [0.5, 0.6) is 0 Å². The van der Waals surface area contributed by atoms with Gasteiger partial charge in [-0.3, -0.25) is 0 Å². The van der Waals surface area contributed by atoms with Crippen LogP contribution in [0.25, 0.3) is 5.95 Å². The average molecular weight is 325 g/mol. The first-order valence-corrected chi connectivity index (χ1v) is 7.11. The molecule has 1 N–H and O–H groups in total. The minimum Gasteiger partial charge on any atom is -0.378 e. The van der Waals surface area contributed by atoms with Crippen molar-refractivity contribution in [3.8, 4) is 5.95 Å². The molecule has 3 aromatic rings. The monoisotopic (exact) mass is 325 g/mol. The van der Waals surface area contributed by atoms with Gasteiger partial charge in [-0.15, -0.1) is 11.3 Å². The van der Waals surface area contributed by atoms with Crippen molar-refractivity contribution >= 4 is 17.0 Å². The van der Waals surface area contributed by atoms with Gasteiger partial charge >= 0.3 is 6.18 Å². The zero-order valence-corrected chi connectivity index (χ0v) is 11.9. The van der Waals surface area contributed by atoms with Gasteiger partial charge in [0.25, 0.3) is 0 Å². The highest BCUT2D eigenvalue weighted by atomic mass is 32.1. The third-order valence-electron chi connectivity index (χ3n) is 2.79. The van der Waals surface area contributed by atoms with Crippen molar-refractivity contribution in [2.24, 2.45) is 0 Å².